The van der Waals surface area contributed by atoms with E-state index in [0.717, 1.165) is 38.2 Å². The molecule has 0 radical (unpaired) electrons. The van der Waals surface area contributed by atoms with Crippen LogP contribution < -0.4 is 10.1 Å². The van der Waals surface area contributed by atoms with Gasteiger partial charge in [0.25, 0.3) is 5.91 Å². The van der Waals surface area contributed by atoms with Crippen molar-refractivity contribution in [1.82, 2.24) is 15.1 Å². The maximum Gasteiger partial charge on any atom is 0.324 e. The molecule has 0 spiro atoms. The predicted molar refractivity (Wildman–Crippen MR) is 95.5 cm³/mol. The molecule has 0 saturated carbocycles. The largest absolute Gasteiger partial charge is 0.492 e. The lowest BCUT2D eigenvalue weighted by molar-refractivity contribution is -0.132. The highest BCUT2D eigenvalue weighted by atomic mass is 16.5. The van der Waals surface area contributed by atoms with Crippen LogP contribution in [0, 0.1) is 12.8 Å². The number of likely N-dealkylation sites (tertiary alicyclic amines) is 1. The van der Waals surface area contributed by atoms with Gasteiger partial charge in [-0.05, 0) is 45.4 Å². The fraction of sp³-hybridized carbons (Fsp3) is 0.579. The molecule has 136 valence electrons. The Kier molecular flexibility index (Phi) is 4.99. The van der Waals surface area contributed by atoms with Crippen molar-refractivity contribution in [2.75, 3.05) is 33.3 Å². The molecule has 2 aliphatic heterocycles. The lowest BCUT2D eigenvalue weighted by atomic mass is 9.80. The zero-order valence-electron chi connectivity index (χ0n) is 15.2. The predicted octanol–water partition coefficient (Wildman–Crippen LogP) is 2.03. The molecular weight excluding hydrogens is 318 g/mol. The van der Waals surface area contributed by atoms with E-state index >= 15 is 0 Å². The highest BCUT2D eigenvalue weighted by molar-refractivity contribution is 6.06. The van der Waals surface area contributed by atoms with E-state index in [-0.39, 0.29) is 17.9 Å². The van der Waals surface area contributed by atoms with Crippen molar-refractivity contribution >= 4 is 11.9 Å². The van der Waals surface area contributed by atoms with Crippen molar-refractivity contribution < 1.29 is 14.3 Å². The van der Waals surface area contributed by atoms with Crippen molar-refractivity contribution in [1.29, 1.82) is 0 Å². The summed E-state index contributed by atoms with van der Waals surface area (Å²) in [6.07, 6.45) is 1.98. The molecule has 0 unspecified atom stereocenters. The van der Waals surface area contributed by atoms with E-state index in [1.54, 1.807) is 7.05 Å². The van der Waals surface area contributed by atoms with Gasteiger partial charge in [0.1, 0.15) is 17.9 Å². The number of carbonyl (C=O) groups excluding carboxylic acids is 2. The Bertz CT molecular complexity index is 646. The van der Waals surface area contributed by atoms with E-state index < -0.39 is 5.54 Å². The molecule has 1 N–H and O–H groups in total. The van der Waals surface area contributed by atoms with Crippen LogP contribution >= 0.6 is 0 Å². The number of piperidine rings is 1. The normalized spacial score (nSPS) is 27.5. The van der Waals surface area contributed by atoms with Crippen LogP contribution in [0.25, 0.3) is 0 Å². The fourth-order valence-electron chi connectivity index (χ4n) is 3.73. The zero-order valence-corrected chi connectivity index (χ0v) is 15.2. The number of urea groups is 1. The van der Waals surface area contributed by atoms with Crippen LogP contribution in [0.2, 0.25) is 0 Å². The number of amides is 3. The van der Waals surface area contributed by atoms with E-state index in [1.165, 1.54) is 10.5 Å². The Morgan fingerprint density at radius 3 is 2.64 bits per heavy atom. The Hall–Kier alpha value is -2.08. The smallest absolute Gasteiger partial charge is 0.324 e. The molecule has 2 fully saturated rings. The van der Waals surface area contributed by atoms with Gasteiger partial charge in [0.15, 0.2) is 0 Å². The first kappa shape index (κ1) is 17.7. The minimum absolute atomic E-state index is 0.125. The quantitative estimate of drug-likeness (QED) is 0.830. The third-order valence-electron chi connectivity index (χ3n) is 5.44. The van der Waals surface area contributed by atoms with Gasteiger partial charge < -0.3 is 10.1 Å². The minimum atomic E-state index is -0.789. The maximum atomic E-state index is 12.5. The maximum absolute atomic E-state index is 12.5. The average molecular weight is 345 g/mol. The molecule has 6 heteroatoms. The number of ether oxygens (including phenoxy) is 1. The topological polar surface area (TPSA) is 61.9 Å². The van der Waals surface area contributed by atoms with Crippen LogP contribution in [-0.4, -0.2) is 60.6 Å². The van der Waals surface area contributed by atoms with Crippen molar-refractivity contribution in [2.45, 2.75) is 32.2 Å². The van der Waals surface area contributed by atoms with Crippen LogP contribution in [0.3, 0.4) is 0 Å². The molecule has 0 aromatic heterocycles. The summed E-state index contributed by atoms with van der Waals surface area (Å²) in [6.45, 7) is 7.15. The summed E-state index contributed by atoms with van der Waals surface area (Å²) in [4.78, 5) is 27.8. The molecule has 2 aliphatic rings. The summed E-state index contributed by atoms with van der Waals surface area (Å²) in [7, 11) is 1.54. The van der Waals surface area contributed by atoms with Gasteiger partial charge in [-0.15, -0.1) is 0 Å². The molecule has 3 rings (SSSR count). The van der Waals surface area contributed by atoms with Gasteiger partial charge in [-0.2, -0.15) is 0 Å². The van der Waals surface area contributed by atoms with Gasteiger partial charge in [0, 0.05) is 26.1 Å². The Balaban J connectivity index is 1.54. The van der Waals surface area contributed by atoms with Gasteiger partial charge in [-0.25, -0.2) is 4.79 Å². The highest BCUT2D eigenvalue weighted by Gasteiger charge is 2.51. The van der Waals surface area contributed by atoms with Crippen molar-refractivity contribution in [3.05, 3.63) is 29.8 Å². The van der Waals surface area contributed by atoms with E-state index in [0.29, 0.717) is 6.61 Å². The van der Waals surface area contributed by atoms with E-state index in [2.05, 4.69) is 17.1 Å². The summed E-state index contributed by atoms with van der Waals surface area (Å²) in [5, 5.41) is 2.89. The second kappa shape index (κ2) is 7.04. The number of rotatable bonds is 5. The lowest BCUT2D eigenvalue weighted by Gasteiger charge is -2.39. The number of imide groups is 1. The van der Waals surface area contributed by atoms with Gasteiger partial charge in [-0.1, -0.05) is 17.7 Å². The van der Waals surface area contributed by atoms with E-state index in [1.807, 2.05) is 31.2 Å². The molecule has 1 aromatic carbocycles. The Morgan fingerprint density at radius 1 is 1.28 bits per heavy atom. The van der Waals surface area contributed by atoms with Gasteiger partial charge in [-0.3, -0.25) is 14.6 Å². The number of nitrogens with one attached hydrogen (secondary N) is 1. The summed E-state index contributed by atoms with van der Waals surface area (Å²) < 4.78 is 5.82. The Morgan fingerprint density at radius 2 is 2.00 bits per heavy atom. The first-order chi connectivity index (χ1) is 11.9. The number of carbonyl (C=O) groups is 2. The van der Waals surface area contributed by atoms with Crippen LogP contribution in [0.15, 0.2) is 24.3 Å². The van der Waals surface area contributed by atoms with Crippen molar-refractivity contribution in [2.24, 2.45) is 5.92 Å². The minimum Gasteiger partial charge on any atom is -0.492 e. The van der Waals surface area contributed by atoms with Crippen LogP contribution in [0.5, 0.6) is 5.75 Å². The fourth-order valence-corrected chi connectivity index (χ4v) is 3.73. The van der Waals surface area contributed by atoms with E-state index in [9.17, 15) is 9.59 Å². The third-order valence-corrected chi connectivity index (χ3v) is 5.44. The average Bonchev–Trinajstić information content (AvgIpc) is 2.81. The monoisotopic (exact) mass is 345 g/mol. The van der Waals surface area contributed by atoms with E-state index in [4.69, 9.17) is 4.74 Å². The SMILES string of the molecule is Cc1ccc(OCCN2CCC[C@@H]([C@]3(C)NC(=O)N(C)C3=O)C2)cc1. The second-order valence-corrected chi connectivity index (χ2v) is 7.30. The molecule has 0 aliphatic carbocycles. The summed E-state index contributed by atoms with van der Waals surface area (Å²) in [6, 6.07) is 7.75. The van der Waals surface area contributed by atoms with Crippen LogP contribution in [-0.2, 0) is 4.79 Å². The zero-order chi connectivity index (χ0) is 18.0. The first-order valence-electron chi connectivity index (χ1n) is 8.92. The lowest BCUT2D eigenvalue weighted by Crippen LogP contribution is -2.56. The van der Waals surface area contributed by atoms with Gasteiger partial charge in [0.05, 0.1) is 0 Å². The number of nitrogens with zero attached hydrogens (tertiary/aromatic N) is 2. The van der Waals surface area contributed by atoms with Gasteiger partial charge in [0.2, 0.25) is 0 Å². The third kappa shape index (κ3) is 3.63. The molecule has 2 atom stereocenters. The molecule has 6 nitrogen and oxygen atoms in total. The second-order valence-electron chi connectivity index (χ2n) is 7.30. The van der Waals surface area contributed by atoms with Crippen LogP contribution in [0.4, 0.5) is 4.79 Å². The van der Waals surface area contributed by atoms with Crippen molar-refractivity contribution in [3.8, 4) is 5.75 Å². The number of aryl methyl sites for hydroxylation is 1. The summed E-state index contributed by atoms with van der Waals surface area (Å²) in [5.74, 6) is 0.883. The summed E-state index contributed by atoms with van der Waals surface area (Å²) in [5.41, 5.74) is 0.426. The molecular formula is C19H27N3O3. The number of likely N-dealkylation sites (N-methyl/N-ethyl adjacent to an activating group) is 1. The van der Waals surface area contributed by atoms with Gasteiger partial charge >= 0.3 is 6.03 Å². The Labute approximate surface area is 149 Å². The molecule has 3 amide bonds. The molecule has 2 heterocycles. The first-order valence-corrected chi connectivity index (χ1v) is 8.92. The molecule has 1 aromatic rings. The number of benzene rings is 1. The standard InChI is InChI=1S/C19H27N3O3/c1-14-6-8-16(9-7-14)25-12-11-22-10-4-5-15(13-22)19(2)17(23)21(3)18(24)20-19/h6-9,15H,4-5,10-13H2,1-3H3,(H,20,24)/t15-,19+/m1/s1. The number of hydrogen-bond donors (Lipinski definition) is 1. The van der Waals surface area contributed by atoms with Crippen LogP contribution in [0.1, 0.15) is 25.3 Å². The molecule has 25 heavy (non-hydrogen) atoms. The molecule has 0 bridgehead atoms. The summed E-state index contributed by atoms with van der Waals surface area (Å²) >= 11 is 0. The van der Waals surface area contributed by atoms with Crippen molar-refractivity contribution in [3.63, 3.8) is 0 Å². The highest BCUT2D eigenvalue weighted by Crippen LogP contribution is 2.31. The molecule has 2 saturated heterocycles. The number of hydrogen-bond acceptors (Lipinski definition) is 4.